The molecular formula is C11H12INO4. The summed E-state index contributed by atoms with van der Waals surface area (Å²) < 4.78 is 6.27. The predicted molar refractivity (Wildman–Crippen MR) is 69.9 cm³/mol. The van der Waals surface area contributed by atoms with Crippen LogP contribution >= 0.6 is 22.6 Å². The van der Waals surface area contributed by atoms with Gasteiger partial charge in [-0.3, -0.25) is 9.59 Å². The number of benzene rings is 1. The first-order chi connectivity index (χ1) is 7.99. The smallest absolute Gasteiger partial charge is 0.323 e. The Morgan fingerprint density at radius 1 is 1.47 bits per heavy atom. The molecule has 92 valence electrons. The van der Waals surface area contributed by atoms with E-state index in [0.29, 0.717) is 5.75 Å². The lowest BCUT2D eigenvalue weighted by molar-refractivity contribution is -0.144. The molecule has 5 nitrogen and oxygen atoms in total. The summed E-state index contributed by atoms with van der Waals surface area (Å²) in [5.74, 6) is -0.824. The molecule has 0 saturated heterocycles. The van der Waals surface area contributed by atoms with Gasteiger partial charge in [0.2, 0.25) is 0 Å². The molecule has 0 aliphatic heterocycles. The molecule has 1 amide bonds. The molecule has 1 rings (SSSR count). The number of hydrogen-bond donors (Lipinski definition) is 1. The molecule has 0 unspecified atom stereocenters. The van der Waals surface area contributed by atoms with Crippen molar-refractivity contribution in [3.63, 3.8) is 0 Å². The summed E-state index contributed by atoms with van der Waals surface area (Å²) in [6, 6.07) is 7.27. The quantitative estimate of drug-likeness (QED) is 0.812. The molecule has 0 aromatic heterocycles. The molecule has 17 heavy (non-hydrogen) atoms. The Labute approximate surface area is 113 Å². The van der Waals surface area contributed by atoms with E-state index < -0.39 is 5.97 Å². The molecule has 0 spiro atoms. The minimum absolute atomic E-state index is 0.163. The lowest BCUT2D eigenvalue weighted by Gasteiger charge is -2.14. The van der Waals surface area contributed by atoms with E-state index in [-0.39, 0.29) is 19.1 Å². The van der Waals surface area contributed by atoms with Gasteiger partial charge < -0.3 is 14.7 Å². The van der Waals surface area contributed by atoms with Gasteiger partial charge in [-0.05, 0) is 40.8 Å². The van der Waals surface area contributed by atoms with Crippen molar-refractivity contribution in [2.45, 2.75) is 0 Å². The van der Waals surface area contributed by atoms with E-state index in [9.17, 15) is 9.59 Å². The molecule has 1 aromatic carbocycles. The highest BCUT2D eigenvalue weighted by Crippen LogP contribution is 2.14. The maximum Gasteiger partial charge on any atom is 0.323 e. The lowest BCUT2D eigenvalue weighted by atomic mass is 10.3. The molecule has 0 radical (unpaired) electrons. The molecule has 0 bridgehead atoms. The Morgan fingerprint density at radius 3 is 2.76 bits per heavy atom. The highest BCUT2D eigenvalue weighted by atomic mass is 127. The van der Waals surface area contributed by atoms with Crippen LogP contribution < -0.4 is 4.74 Å². The van der Waals surface area contributed by atoms with Crippen molar-refractivity contribution < 1.29 is 19.4 Å². The number of likely N-dealkylation sites (N-methyl/N-ethyl adjacent to an activating group) is 1. The number of carboxylic acids is 1. The molecule has 0 aliphatic carbocycles. The Morgan fingerprint density at radius 2 is 2.18 bits per heavy atom. The van der Waals surface area contributed by atoms with Crippen LogP contribution in [0.5, 0.6) is 5.75 Å². The van der Waals surface area contributed by atoms with Gasteiger partial charge in [-0.25, -0.2) is 0 Å². The second kappa shape index (κ2) is 6.43. The van der Waals surface area contributed by atoms with E-state index in [1.54, 1.807) is 12.1 Å². The van der Waals surface area contributed by atoms with Crippen LogP contribution in [0.25, 0.3) is 0 Å². The summed E-state index contributed by atoms with van der Waals surface area (Å²) in [5.41, 5.74) is 0. The van der Waals surface area contributed by atoms with Crippen LogP contribution in [0.4, 0.5) is 0 Å². The third-order valence-corrected chi connectivity index (χ3v) is 2.63. The van der Waals surface area contributed by atoms with E-state index in [4.69, 9.17) is 9.84 Å². The number of carbonyl (C=O) groups excluding carboxylic acids is 1. The third-order valence-electron chi connectivity index (χ3n) is 1.96. The number of amides is 1. The van der Waals surface area contributed by atoms with Gasteiger partial charge in [0.25, 0.3) is 5.91 Å². The van der Waals surface area contributed by atoms with Gasteiger partial charge in [-0.1, -0.05) is 6.07 Å². The van der Waals surface area contributed by atoms with Crippen molar-refractivity contribution in [2.24, 2.45) is 0 Å². The fourth-order valence-electron chi connectivity index (χ4n) is 1.10. The third kappa shape index (κ3) is 5.03. The lowest BCUT2D eigenvalue weighted by Crippen LogP contribution is -2.35. The number of halogens is 1. The van der Waals surface area contributed by atoms with Crippen LogP contribution in [-0.2, 0) is 9.59 Å². The van der Waals surface area contributed by atoms with E-state index in [2.05, 4.69) is 22.6 Å². The summed E-state index contributed by atoms with van der Waals surface area (Å²) >= 11 is 2.14. The number of ether oxygens (including phenoxy) is 1. The van der Waals surface area contributed by atoms with Crippen molar-refractivity contribution >= 4 is 34.5 Å². The summed E-state index contributed by atoms with van der Waals surface area (Å²) in [6.07, 6.45) is 0. The standard InChI is InChI=1S/C11H12INO4/c1-13(6-11(15)16)10(14)7-17-9-4-2-3-8(12)5-9/h2-5H,6-7H2,1H3,(H,15,16). The minimum atomic E-state index is -1.05. The van der Waals surface area contributed by atoms with Gasteiger partial charge in [0, 0.05) is 10.6 Å². The second-order valence-corrected chi connectivity index (χ2v) is 4.64. The van der Waals surface area contributed by atoms with Crippen LogP contribution in [0, 0.1) is 3.57 Å². The largest absolute Gasteiger partial charge is 0.484 e. The monoisotopic (exact) mass is 349 g/mol. The van der Waals surface area contributed by atoms with Gasteiger partial charge in [0.1, 0.15) is 12.3 Å². The van der Waals surface area contributed by atoms with E-state index in [1.807, 2.05) is 12.1 Å². The van der Waals surface area contributed by atoms with E-state index in [1.165, 1.54) is 7.05 Å². The Kier molecular flexibility index (Phi) is 5.20. The molecule has 6 heteroatoms. The zero-order valence-corrected chi connectivity index (χ0v) is 11.4. The molecule has 1 N–H and O–H groups in total. The minimum Gasteiger partial charge on any atom is -0.484 e. The zero-order chi connectivity index (χ0) is 12.8. The summed E-state index contributed by atoms with van der Waals surface area (Å²) in [7, 11) is 1.43. The van der Waals surface area contributed by atoms with E-state index in [0.717, 1.165) is 8.47 Å². The Bertz CT molecular complexity index is 422. The van der Waals surface area contributed by atoms with Crippen molar-refractivity contribution in [2.75, 3.05) is 20.2 Å². The molecule has 0 atom stereocenters. The van der Waals surface area contributed by atoms with Crippen LogP contribution in [0.3, 0.4) is 0 Å². The number of aliphatic carboxylic acids is 1. The van der Waals surface area contributed by atoms with Crippen LogP contribution in [0.1, 0.15) is 0 Å². The normalized spacial score (nSPS) is 9.76. The van der Waals surface area contributed by atoms with Gasteiger partial charge in [0.15, 0.2) is 6.61 Å². The molecule has 0 saturated carbocycles. The molecule has 0 fully saturated rings. The van der Waals surface area contributed by atoms with Crippen LogP contribution in [0.2, 0.25) is 0 Å². The average molecular weight is 349 g/mol. The molecular weight excluding hydrogens is 337 g/mol. The highest BCUT2D eigenvalue weighted by Gasteiger charge is 2.12. The molecule has 0 heterocycles. The number of rotatable bonds is 5. The number of carbonyl (C=O) groups is 2. The van der Waals surface area contributed by atoms with Crippen molar-refractivity contribution in [3.8, 4) is 5.75 Å². The zero-order valence-electron chi connectivity index (χ0n) is 9.22. The Balaban J connectivity index is 2.45. The number of carboxylic acid groups (broad SMARTS) is 1. The van der Waals surface area contributed by atoms with Gasteiger partial charge in [0.05, 0.1) is 0 Å². The number of hydrogen-bond acceptors (Lipinski definition) is 3. The van der Waals surface area contributed by atoms with E-state index >= 15 is 0 Å². The van der Waals surface area contributed by atoms with Crippen molar-refractivity contribution in [1.82, 2.24) is 4.90 Å². The average Bonchev–Trinajstić information content (AvgIpc) is 2.25. The van der Waals surface area contributed by atoms with Gasteiger partial charge >= 0.3 is 5.97 Å². The first kappa shape index (κ1) is 13.8. The fraction of sp³-hybridized carbons (Fsp3) is 0.273. The van der Waals surface area contributed by atoms with Gasteiger partial charge in [-0.15, -0.1) is 0 Å². The summed E-state index contributed by atoms with van der Waals surface area (Å²) in [5, 5.41) is 8.52. The SMILES string of the molecule is CN(CC(=O)O)C(=O)COc1cccc(I)c1. The van der Waals surface area contributed by atoms with Crippen molar-refractivity contribution in [3.05, 3.63) is 27.8 Å². The summed E-state index contributed by atoms with van der Waals surface area (Å²) in [6.45, 7) is -0.488. The predicted octanol–water partition coefficient (Wildman–Crippen LogP) is 1.21. The summed E-state index contributed by atoms with van der Waals surface area (Å²) in [4.78, 5) is 23.0. The first-order valence-corrected chi connectivity index (χ1v) is 5.91. The first-order valence-electron chi connectivity index (χ1n) is 4.83. The van der Waals surface area contributed by atoms with Crippen LogP contribution in [0.15, 0.2) is 24.3 Å². The van der Waals surface area contributed by atoms with Crippen LogP contribution in [-0.4, -0.2) is 42.1 Å². The highest BCUT2D eigenvalue weighted by molar-refractivity contribution is 14.1. The Hall–Kier alpha value is -1.31. The maximum atomic E-state index is 11.5. The molecule has 0 aliphatic rings. The molecule has 1 aromatic rings. The fourth-order valence-corrected chi connectivity index (χ4v) is 1.62. The maximum absolute atomic E-state index is 11.5. The topological polar surface area (TPSA) is 66.8 Å². The number of nitrogens with zero attached hydrogens (tertiary/aromatic N) is 1. The second-order valence-electron chi connectivity index (χ2n) is 3.39. The van der Waals surface area contributed by atoms with Gasteiger partial charge in [-0.2, -0.15) is 0 Å². The van der Waals surface area contributed by atoms with Crippen molar-refractivity contribution in [1.29, 1.82) is 0 Å².